The first-order chi connectivity index (χ1) is 8.67. The van der Waals surface area contributed by atoms with Gasteiger partial charge < -0.3 is 9.47 Å². The van der Waals surface area contributed by atoms with Crippen LogP contribution >= 0.6 is 0 Å². The van der Waals surface area contributed by atoms with Crippen LogP contribution in [0.25, 0.3) is 10.9 Å². The highest BCUT2D eigenvalue weighted by Crippen LogP contribution is 2.19. The summed E-state index contributed by atoms with van der Waals surface area (Å²) in [7, 11) is 1.28. The molecule has 0 fully saturated rings. The van der Waals surface area contributed by atoms with Gasteiger partial charge in [0.1, 0.15) is 0 Å². The highest BCUT2D eigenvalue weighted by molar-refractivity contribution is 6.04. The minimum Gasteiger partial charge on any atom is -0.464 e. The zero-order valence-corrected chi connectivity index (χ0v) is 10.0. The van der Waals surface area contributed by atoms with Crippen molar-refractivity contribution in [3.05, 3.63) is 29.5 Å². The Hall–Kier alpha value is -2.37. The maximum Gasteiger partial charge on any atom is 0.359 e. The van der Waals surface area contributed by atoms with Gasteiger partial charge in [0.05, 0.1) is 24.8 Å². The molecule has 0 aliphatic rings. The number of fused-ring (bicyclic) bond motifs is 1. The Balaban J connectivity index is 2.48. The predicted molar refractivity (Wildman–Crippen MR) is 63.4 cm³/mol. The molecule has 0 spiro atoms. The largest absolute Gasteiger partial charge is 0.464 e. The number of benzene rings is 1. The van der Waals surface area contributed by atoms with E-state index in [1.165, 1.54) is 7.11 Å². The SMILES string of the molecule is CCOC(=O)c1ccc2[nH]nc(C(=O)OC)c2c1. The number of rotatable bonds is 3. The fourth-order valence-electron chi connectivity index (χ4n) is 1.61. The molecule has 0 aliphatic heterocycles. The first-order valence-corrected chi connectivity index (χ1v) is 5.41. The Bertz CT molecular complexity index is 603. The highest BCUT2D eigenvalue weighted by Gasteiger charge is 2.16. The maximum absolute atomic E-state index is 11.6. The van der Waals surface area contributed by atoms with Crippen molar-refractivity contribution in [1.29, 1.82) is 0 Å². The van der Waals surface area contributed by atoms with Crippen molar-refractivity contribution in [2.24, 2.45) is 0 Å². The molecular weight excluding hydrogens is 236 g/mol. The number of esters is 2. The molecule has 0 atom stereocenters. The molecule has 2 rings (SSSR count). The van der Waals surface area contributed by atoms with Crippen molar-refractivity contribution < 1.29 is 19.1 Å². The van der Waals surface area contributed by atoms with Gasteiger partial charge in [0.2, 0.25) is 0 Å². The lowest BCUT2D eigenvalue weighted by molar-refractivity contribution is 0.0525. The smallest absolute Gasteiger partial charge is 0.359 e. The molecule has 1 N–H and O–H groups in total. The molecule has 1 heterocycles. The third-order valence-electron chi connectivity index (χ3n) is 2.45. The van der Waals surface area contributed by atoms with Gasteiger partial charge in [0, 0.05) is 5.39 Å². The van der Waals surface area contributed by atoms with Crippen LogP contribution < -0.4 is 0 Å². The van der Waals surface area contributed by atoms with Crippen molar-refractivity contribution in [3.63, 3.8) is 0 Å². The number of hydrogen-bond acceptors (Lipinski definition) is 5. The van der Waals surface area contributed by atoms with Crippen LogP contribution in [0.1, 0.15) is 27.8 Å². The lowest BCUT2D eigenvalue weighted by atomic mass is 10.1. The molecule has 18 heavy (non-hydrogen) atoms. The minimum absolute atomic E-state index is 0.152. The fourth-order valence-corrected chi connectivity index (χ4v) is 1.61. The zero-order valence-electron chi connectivity index (χ0n) is 10.0. The van der Waals surface area contributed by atoms with Gasteiger partial charge in [-0.2, -0.15) is 5.10 Å². The molecule has 0 aliphatic carbocycles. The van der Waals surface area contributed by atoms with E-state index < -0.39 is 11.9 Å². The van der Waals surface area contributed by atoms with Crippen molar-refractivity contribution >= 4 is 22.8 Å². The molecule has 0 unspecified atom stereocenters. The Morgan fingerprint density at radius 3 is 2.78 bits per heavy atom. The van der Waals surface area contributed by atoms with E-state index in [1.807, 2.05) is 0 Å². The van der Waals surface area contributed by atoms with Crippen molar-refractivity contribution in [2.45, 2.75) is 6.92 Å². The maximum atomic E-state index is 11.6. The Kier molecular flexibility index (Phi) is 3.27. The van der Waals surface area contributed by atoms with Crippen LogP contribution in [0.3, 0.4) is 0 Å². The summed E-state index contributed by atoms with van der Waals surface area (Å²) >= 11 is 0. The third kappa shape index (κ3) is 2.04. The molecule has 1 aromatic heterocycles. The van der Waals surface area contributed by atoms with E-state index in [2.05, 4.69) is 14.9 Å². The van der Waals surface area contributed by atoms with Crippen molar-refractivity contribution in [2.75, 3.05) is 13.7 Å². The van der Waals surface area contributed by atoms with Crippen LogP contribution in [0, 0.1) is 0 Å². The second-order valence-corrected chi connectivity index (χ2v) is 3.54. The lowest BCUT2D eigenvalue weighted by Gasteiger charge is -2.01. The van der Waals surface area contributed by atoms with Gasteiger partial charge in [-0.05, 0) is 25.1 Å². The quantitative estimate of drug-likeness (QED) is 0.833. The molecule has 1 aromatic carbocycles. The van der Waals surface area contributed by atoms with Gasteiger partial charge in [-0.25, -0.2) is 9.59 Å². The van der Waals surface area contributed by atoms with E-state index in [4.69, 9.17) is 4.74 Å². The summed E-state index contributed by atoms with van der Waals surface area (Å²) in [6.07, 6.45) is 0. The van der Waals surface area contributed by atoms with Crippen LogP contribution in [-0.4, -0.2) is 35.9 Å². The third-order valence-corrected chi connectivity index (χ3v) is 2.45. The van der Waals surface area contributed by atoms with E-state index in [0.29, 0.717) is 23.1 Å². The second kappa shape index (κ2) is 4.87. The number of carbonyl (C=O) groups is 2. The second-order valence-electron chi connectivity index (χ2n) is 3.54. The molecule has 6 heteroatoms. The normalized spacial score (nSPS) is 10.3. The summed E-state index contributed by atoms with van der Waals surface area (Å²) in [5.41, 5.74) is 1.18. The van der Waals surface area contributed by atoms with Crippen LogP contribution in [0.15, 0.2) is 18.2 Å². The fraction of sp³-hybridized carbons (Fsp3) is 0.250. The number of H-pyrrole nitrogens is 1. The predicted octanol–water partition coefficient (Wildman–Crippen LogP) is 1.53. The summed E-state index contributed by atoms with van der Waals surface area (Å²) in [5.74, 6) is -0.987. The molecule has 0 saturated carbocycles. The van der Waals surface area contributed by atoms with E-state index in [9.17, 15) is 9.59 Å². The van der Waals surface area contributed by atoms with Gasteiger partial charge in [-0.3, -0.25) is 5.10 Å². The van der Waals surface area contributed by atoms with E-state index in [-0.39, 0.29) is 5.69 Å². The minimum atomic E-state index is -0.553. The molecule has 94 valence electrons. The van der Waals surface area contributed by atoms with Crippen molar-refractivity contribution in [3.8, 4) is 0 Å². The molecule has 0 radical (unpaired) electrons. The van der Waals surface area contributed by atoms with E-state index in [1.54, 1.807) is 25.1 Å². The first-order valence-electron chi connectivity index (χ1n) is 5.41. The van der Waals surface area contributed by atoms with Crippen LogP contribution in [0.2, 0.25) is 0 Å². The van der Waals surface area contributed by atoms with Gasteiger partial charge in [0.15, 0.2) is 5.69 Å². The Morgan fingerprint density at radius 1 is 1.33 bits per heavy atom. The number of ether oxygens (including phenoxy) is 2. The number of nitrogens with one attached hydrogen (secondary N) is 1. The van der Waals surface area contributed by atoms with E-state index >= 15 is 0 Å². The lowest BCUT2D eigenvalue weighted by Crippen LogP contribution is -2.05. The number of aromatic nitrogens is 2. The topological polar surface area (TPSA) is 81.3 Å². The zero-order chi connectivity index (χ0) is 13.1. The molecular formula is C12H12N2O4. The number of carbonyl (C=O) groups excluding carboxylic acids is 2. The molecule has 0 saturated heterocycles. The summed E-state index contributed by atoms with van der Waals surface area (Å²) in [6, 6.07) is 4.84. The molecule has 0 amide bonds. The Labute approximate surface area is 103 Å². The monoisotopic (exact) mass is 248 g/mol. The number of nitrogens with zero attached hydrogens (tertiary/aromatic N) is 1. The van der Waals surface area contributed by atoms with Crippen molar-refractivity contribution in [1.82, 2.24) is 10.2 Å². The first kappa shape index (κ1) is 12.1. The van der Waals surface area contributed by atoms with Crippen LogP contribution in [0.5, 0.6) is 0 Å². The van der Waals surface area contributed by atoms with Gasteiger partial charge >= 0.3 is 11.9 Å². The van der Waals surface area contributed by atoms with Crippen LogP contribution in [-0.2, 0) is 9.47 Å². The number of methoxy groups -OCH3 is 1. The summed E-state index contributed by atoms with van der Waals surface area (Å²) in [4.78, 5) is 23.1. The Morgan fingerprint density at radius 2 is 2.11 bits per heavy atom. The number of aromatic amines is 1. The molecule has 6 nitrogen and oxygen atoms in total. The highest BCUT2D eigenvalue weighted by atomic mass is 16.5. The van der Waals surface area contributed by atoms with E-state index in [0.717, 1.165) is 0 Å². The summed E-state index contributed by atoms with van der Waals surface area (Å²) in [6.45, 7) is 2.03. The van der Waals surface area contributed by atoms with Crippen LogP contribution in [0.4, 0.5) is 0 Å². The average molecular weight is 248 g/mol. The van der Waals surface area contributed by atoms with Gasteiger partial charge in [-0.1, -0.05) is 0 Å². The standard InChI is InChI=1S/C12H12N2O4/c1-3-18-11(15)7-4-5-9-8(6-7)10(14-13-9)12(16)17-2/h4-6H,3H2,1-2H3,(H,13,14). The van der Waals surface area contributed by atoms with Gasteiger partial charge in [-0.15, -0.1) is 0 Å². The number of hydrogen-bond donors (Lipinski definition) is 1. The average Bonchev–Trinajstić information content (AvgIpc) is 2.81. The summed E-state index contributed by atoms with van der Waals surface area (Å²) in [5, 5.41) is 7.09. The summed E-state index contributed by atoms with van der Waals surface area (Å²) < 4.78 is 9.51. The molecule has 2 aromatic rings. The van der Waals surface area contributed by atoms with Gasteiger partial charge in [0.25, 0.3) is 0 Å². The molecule has 0 bridgehead atoms.